The number of amides is 1. The van der Waals surface area contributed by atoms with Gasteiger partial charge >= 0.3 is 0 Å². The second kappa shape index (κ2) is 10.3. The van der Waals surface area contributed by atoms with Crippen molar-refractivity contribution < 1.29 is 19.0 Å². The summed E-state index contributed by atoms with van der Waals surface area (Å²) < 4.78 is 17.5. The topological polar surface area (TPSA) is 91.7 Å². The number of carbonyl (C=O) groups is 1. The number of hydrogen-bond donors (Lipinski definition) is 1. The lowest BCUT2D eigenvalue weighted by Crippen LogP contribution is -2.23. The first-order valence-electron chi connectivity index (χ1n) is 10.4. The van der Waals surface area contributed by atoms with Crippen molar-refractivity contribution in [3.63, 3.8) is 0 Å². The van der Waals surface area contributed by atoms with Gasteiger partial charge < -0.3 is 19.5 Å². The average molecular weight is 478 g/mol. The van der Waals surface area contributed by atoms with E-state index in [4.69, 9.17) is 14.2 Å². The molecule has 0 bridgehead atoms. The van der Waals surface area contributed by atoms with Gasteiger partial charge in [0.15, 0.2) is 16.7 Å². The minimum atomic E-state index is -0.254. The van der Waals surface area contributed by atoms with Gasteiger partial charge in [-0.15, -0.1) is 0 Å². The summed E-state index contributed by atoms with van der Waals surface area (Å²) in [7, 11) is 4.62. The number of rotatable bonds is 8. The monoisotopic (exact) mass is 477 g/mol. The number of nitrogens with one attached hydrogen (secondary N) is 1. The van der Waals surface area contributed by atoms with Crippen LogP contribution < -0.4 is 25.1 Å². The highest BCUT2D eigenvalue weighted by Gasteiger charge is 2.17. The fraction of sp³-hybridized carbons (Fsp3) is 0.160. The van der Waals surface area contributed by atoms with Gasteiger partial charge in [0, 0.05) is 6.07 Å². The molecule has 3 aromatic carbocycles. The van der Waals surface area contributed by atoms with E-state index in [1.807, 2.05) is 18.2 Å². The van der Waals surface area contributed by atoms with Gasteiger partial charge in [-0.25, -0.2) is 4.98 Å². The number of anilines is 1. The molecule has 34 heavy (non-hydrogen) atoms. The van der Waals surface area contributed by atoms with Gasteiger partial charge in [0.1, 0.15) is 5.75 Å². The summed E-state index contributed by atoms with van der Waals surface area (Å²) in [5.41, 5.74) is 1.43. The Morgan fingerprint density at radius 1 is 0.912 bits per heavy atom. The SMILES string of the molecule is COc1ccccc1NC(=O)CSc1nc2ccccc2c(=O)n1-c1ccc(OC)c(OC)c1. The van der Waals surface area contributed by atoms with Gasteiger partial charge in [0.05, 0.1) is 49.4 Å². The molecule has 0 unspecified atom stereocenters. The number of fused-ring (bicyclic) bond motifs is 1. The maximum absolute atomic E-state index is 13.4. The highest BCUT2D eigenvalue weighted by atomic mass is 32.2. The maximum Gasteiger partial charge on any atom is 0.266 e. The normalized spacial score (nSPS) is 10.7. The maximum atomic E-state index is 13.4. The van der Waals surface area contributed by atoms with Crippen molar-refractivity contribution in [2.45, 2.75) is 5.16 Å². The highest BCUT2D eigenvalue weighted by Crippen LogP contribution is 2.31. The molecule has 0 saturated carbocycles. The van der Waals surface area contributed by atoms with Crippen LogP contribution >= 0.6 is 11.8 Å². The van der Waals surface area contributed by atoms with Crippen LogP contribution in [0.1, 0.15) is 0 Å². The van der Waals surface area contributed by atoms with E-state index in [1.54, 1.807) is 62.8 Å². The molecule has 1 amide bonds. The lowest BCUT2D eigenvalue weighted by Gasteiger charge is -2.15. The number of para-hydroxylation sites is 3. The van der Waals surface area contributed by atoms with Gasteiger partial charge in [0.25, 0.3) is 5.56 Å². The van der Waals surface area contributed by atoms with Crippen molar-refractivity contribution in [1.29, 1.82) is 0 Å². The Hall–Kier alpha value is -3.98. The van der Waals surface area contributed by atoms with E-state index in [1.165, 1.54) is 11.7 Å². The van der Waals surface area contributed by atoms with Crippen molar-refractivity contribution >= 4 is 34.3 Å². The Kier molecular flexibility index (Phi) is 7.03. The third-order valence-electron chi connectivity index (χ3n) is 5.08. The highest BCUT2D eigenvalue weighted by molar-refractivity contribution is 7.99. The molecule has 8 nitrogen and oxygen atoms in total. The van der Waals surface area contributed by atoms with Crippen LogP contribution in [0, 0.1) is 0 Å². The van der Waals surface area contributed by atoms with E-state index in [2.05, 4.69) is 10.3 Å². The molecule has 0 saturated heterocycles. The summed E-state index contributed by atoms with van der Waals surface area (Å²) in [5.74, 6) is 1.36. The third kappa shape index (κ3) is 4.69. The van der Waals surface area contributed by atoms with Crippen LogP contribution in [0.25, 0.3) is 16.6 Å². The number of benzene rings is 3. The smallest absolute Gasteiger partial charge is 0.266 e. The molecule has 0 aliphatic carbocycles. The largest absolute Gasteiger partial charge is 0.495 e. The minimum Gasteiger partial charge on any atom is -0.495 e. The molecule has 174 valence electrons. The molecule has 0 atom stereocenters. The van der Waals surface area contributed by atoms with Crippen molar-refractivity contribution in [2.24, 2.45) is 0 Å². The lowest BCUT2D eigenvalue weighted by atomic mass is 10.2. The van der Waals surface area contributed by atoms with Crippen molar-refractivity contribution in [1.82, 2.24) is 9.55 Å². The van der Waals surface area contributed by atoms with Gasteiger partial charge in [-0.1, -0.05) is 36.0 Å². The molecule has 0 aliphatic rings. The van der Waals surface area contributed by atoms with Crippen molar-refractivity contribution in [2.75, 3.05) is 32.4 Å². The zero-order valence-electron chi connectivity index (χ0n) is 18.9. The van der Waals surface area contributed by atoms with Gasteiger partial charge in [-0.05, 0) is 36.4 Å². The zero-order valence-corrected chi connectivity index (χ0v) is 19.7. The molecule has 0 spiro atoms. The third-order valence-corrected chi connectivity index (χ3v) is 6.02. The van der Waals surface area contributed by atoms with Crippen molar-refractivity contribution in [3.8, 4) is 22.9 Å². The van der Waals surface area contributed by atoms with Crippen LogP contribution in [0.2, 0.25) is 0 Å². The number of aromatic nitrogens is 2. The second-order valence-corrected chi connectivity index (χ2v) is 8.07. The lowest BCUT2D eigenvalue weighted by molar-refractivity contribution is -0.113. The number of carbonyl (C=O) groups excluding carboxylic acids is 1. The molecule has 0 radical (unpaired) electrons. The van der Waals surface area contributed by atoms with Gasteiger partial charge in [-0.3, -0.25) is 14.2 Å². The first kappa shape index (κ1) is 23.2. The first-order chi connectivity index (χ1) is 16.5. The summed E-state index contributed by atoms with van der Waals surface area (Å²) in [5, 5.41) is 3.69. The second-order valence-electron chi connectivity index (χ2n) is 7.13. The molecule has 4 aromatic rings. The van der Waals surface area contributed by atoms with Gasteiger partial charge in [-0.2, -0.15) is 0 Å². The Morgan fingerprint density at radius 3 is 2.38 bits per heavy atom. The fourth-order valence-corrected chi connectivity index (χ4v) is 4.28. The summed E-state index contributed by atoms with van der Waals surface area (Å²) in [6.45, 7) is 0. The van der Waals surface area contributed by atoms with Crippen LogP contribution in [0.4, 0.5) is 5.69 Å². The molecule has 0 fully saturated rings. The molecular weight excluding hydrogens is 454 g/mol. The molecule has 4 rings (SSSR count). The Labute approximate surface area is 200 Å². The summed E-state index contributed by atoms with van der Waals surface area (Å²) >= 11 is 1.16. The van der Waals surface area contributed by atoms with E-state index in [-0.39, 0.29) is 17.2 Å². The fourth-order valence-electron chi connectivity index (χ4n) is 3.47. The van der Waals surface area contributed by atoms with Crippen LogP contribution in [0.5, 0.6) is 17.2 Å². The summed E-state index contributed by atoms with van der Waals surface area (Å²) in [6.07, 6.45) is 0. The van der Waals surface area contributed by atoms with E-state index >= 15 is 0 Å². The molecular formula is C25H23N3O5S. The first-order valence-corrected chi connectivity index (χ1v) is 11.3. The van der Waals surface area contributed by atoms with Crippen LogP contribution in [-0.4, -0.2) is 42.5 Å². The summed E-state index contributed by atoms with van der Waals surface area (Å²) in [6, 6.07) is 19.4. The van der Waals surface area contributed by atoms with E-state index in [0.29, 0.717) is 44.7 Å². The number of hydrogen-bond acceptors (Lipinski definition) is 7. The number of methoxy groups -OCH3 is 3. The predicted octanol–water partition coefficient (Wildman–Crippen LogP) is 4.14. The van der Waals surface area contributed by atoms with Crippen LogP contribution in [-0.2, 0) is 4.79 Å². The Morgan fingerprint density at radius 2 is 1.62 bits per heavy atom. The van der Waals surface area contributed by atoms with Crippen LogP contribution in [0.3, 0.4) is 0 Å². The molecule has 1 N–H and O–H groups in total. The van der Waals surface area contributed by atoms with Crippen molar-refractivity contribution in [3.05, 3.63) is 77.1 Å². The Bertz CT molecular complexity index is 1400. The molecule has 9 heteroatoms. The quantitative estimate of drug-likeness (QED) is 0.301. The number of thioether (sulfide) groups is 1. The molecule has 1 heterocycles. The van der Waals surface area contributed by atoms with Crippen LogP contribution in [0.15, 0.2) is 76.7 Å². The minimum absolute atomic E-state index is 0.0378. The zero-order chi connectivity index (χ0) is 24.1. The number of ether oxygens (including phenoxy) is 3. The standard InChI is InChI=1S/C25H23N3O5S/c1-31-20-11-7-6-10-19(20)26-23(29)15-34-25-27-18-9-5-4-8-17(18)24(30)28(25)16-12-13-21(32-2)22(14-16)33-3/h4-14H,15H2,1-3H3,(H,26,29). The van der Waals surface area contributed by atoms with E-state index in [0.717, 1.165) is 11.8 Å². The predicted molar refractivity (Wildman–Crippen MR) is 133 cm³/mol. The van der Waals surface area contributed by atoms with Gasteiger partial charge in [0.2, 0.25) is 5.91 Å². The average Bonchev–Trinajstić information content (AvgIpc) is 2.87. The van der Waals surface area contributed by atoms with E-state index < -0.39 is 0 Å². The number of nitrogens with zero attached hydrogens (tertiary/aromatic N) is 2. The van der Waals surface area contributed by atoms with E-state index in [9.17, 15) is 9.59 Å². The molecule has 1 aromatic heterocycles. The molecule has 0 aliphatic heterocycles. The summed E-state index contributed by atoms with van der Waals surface area (Å²) in [4.78, 5) is 30.8. The Balaban J connectivity index is 1.71.